The highest BCUT2D eigenvalue weighted by Gasteiger charge is 2.20. The van der Waals surface area contributed by atoms with Crippen molar-refractivity contribution in [3.63, 3.8) is 0 Å². The summed E-state index contributed by atoms with van der Waals surface area (Å²) in [5.74, 6) is 1.54. The maximum atomic E-state index is 4.77. The lowest BCUT2D eigenvalue weighted by molar-refractivity contribution is 0.762. The molecule has 3 aromatic rings. The van der Waals surface area contributed by atoms with Gasteiger partial charge in [0, 0.05) is 20.3 Å². The highest BCUT2D eigenvalue weighted by molar-refractivity contribution is 9.10. The van der Waals surface area contributed by atoms with Crippen LogP contribution in [0, 0.1) is 0 Å². The van der Waals surface area contributed by atoms with Gasteiger partial charge in [0.25, 0.3) is 0 Å². The van der Waals surface area contributed by atoms with E-state index in [0.29, 0.717) is 0 Å². The fourth-order valence-corrected chi connectivity index (χ4v) is 3.82. The first kappa shape index (κ1) is 17.8. The Morgan fingerprint density at radius 3 is 2.46 bits per heavy atom. The van der Waals surface area contributed by atoms with Gasteiger partial charge in [0.15, 0.2) is 5.82 Å². The van der Waals surface area contributed by atoms with Gasteiger partial charge in [-0.2, -0.15) is 9.78 Å². The second-order valence-electron chi connectivity index (χ2n) is 4.97. The number of nitrogens with zero attached hydrogens (tertiary/aromatic N) is 4. The number of halogens is 3. The fraction of sp³-hybridized carbons (Fsp3) is 0.0625. The van der Waals surface area contributed by atoms with Gasteiger partial charge < -0.3 is 0 Å². The van der Waals surface area contributed by atoms with Gasteiger partial charge in [0.2, 0.25) is 5.16 Å². The third-order valence-corrected chi connectivity index (χ3v) is 5.38. The van der Waals surface area contributed by atoms with Crippen molar-refractivity contribution in [3.05, 3.63) is 63.0 Å². The van der Waals surface area contributed by atoms with E-state index in [2.05, 4.69) is 54.2 Å². The minimum atomic E-state index is 0. The molecule has 1 aliphatic heterocycles. The molecule has 0 unspecified atom stereocenters. The Hall–Kier alpha value is -0.960. The summed E-state index contributed by atoms with van der Waals surface area (Å²) in [4.78, 5) is 0. The molecular formula is C16H11Br3N4S. The van der Waals surface area contributed by atoms with E-state index in [4.69, 9.17) is 5.10 Å². The topological polar surface area (TPSA) is 43.1 Å². The van der Waals surface area contributed by atoms with Crippen molar-refractivity contribution in [2.24, 2.45) is 5.10 Å². The summed E-state index contributed by atoms with van der Waals surface area (Å²) in [6.45, 7) is 0. The highest BCUT2D eigenvalue weighted by atomic mass is 79.9. The molecular weight excluding hydrogens is 520 g/mol. The molecule has 2 heterocycles. The number of hydrogen-bond donors (Lipinski definition) is 0. The van der Waals surface area contributed by atoms with Crippen LogP contribution in [-0.4, -0.2) is 26.3 Å². The Bertz CT molecular complexity index is 906. The molecule has 2 aromatic carbocycles. The van der Waals surface area contributed by atoms with E-state index < -0.39 is 0 Å². The van der Waals surface area contributed by atoms with Crippen molar-refractivity contribution in [3.8, 4) is 11.4 Å². The zero-order chi connectivity index (χ0) is 15.8. The molecule has 0 fully saturated rings. The number of aromatic nitrogens is 3. The largest absolute Gasteiger partial charge is 0.212 e. The monoisotopic (exact) mass is 528 g/mol. The van der Waals surface area contributed by atoms with Gasteiger partial charge in [-0.25, -0.2) is 0 Å². The van der Waals surface area contributed by atoms with Crippen molar-refractivity contribution < 1.29 is 0 Å². The first-order valence-electron chi connectivity index (χ1n) is 6.89. The maximum absolute atomic E-state index is 4.77. The predicted octanol–water partition coefficient (Wildman–Crippen LogP) is 5.41. The zero-order valence-electron chi connectivity index (χ0n) is 12.2. The van der Waals surface area contributed by atoms with E-state index in [-0.39, 0.29) is 17.0 Å². The third kappa shape index (κ3) is 3.51. The third-order valence-electron chi connectivity index (χ3n) is 3.43. The summed E-state index contributed by atoms with van der Waals surface area (Å²) in [5.41, 5.74) is 3.11. The van der Waals surface area contributed by atoms with E-state index in [9.17, 15) is 0 Å². The second kappa shape index (κ2) is 7.51. The standard InChI is InChI=1S/C16H10Br2N4S.BrH/c17-12-6-4-10(5-7-12)15-19-20-16-22(15)21-14(9-23-16)11-2-1-3-13(18)8-11;/h1-8H,9H2;1H. The minimum Gasteiger partial charge on any atom is -0.187 e. The average molecular weight is 531 g/mol. The smallest absolute Gasteiger partial charge is 0.187 e. The molecule has 0 bridgehead atoms. The molecule has 0 saturated heterocycles. The van der Waals surface area contributed by atoms with Crippen molar-refractivity contribution in [1.29, 1.82) is 0 Å². The first-order valence-corrected chi connectivity index (χ1v) is 9.46. The fourth-order valence-electron chi connectivity index (χ4n) is 2.32. The molecule has 4 nitrogen and oxygen atoms in total. The van der Waals surface area contributed by atoms with Gasteiger partial charge in [-0.05, 0) is 29.8 Å². The molecule has 0 N–H and O–H groups in total. The molecule has 122 valence electrons. The molecule has 0 amide bonds. The van der Waals surface area contributed by atoms with Crippen LogP contribution in [0.4, 0.5) is 0 Å². The van der Waals surface area contributed by atoms with Crippen LogP contribution in [0.5, 0.6) is 0 Å². The number of fused-ring (bicyclic) bond motifs is 1. The lowest BCUT2D eigenvalue weighted by atomic mass is 10.1. The maximum Gasteiger partial charge on any atom is 0.212 e. The number of benzene rings is 2. The normalized spacial score (nSPS) is 13.0. The van der Waals surface area contributed by atoms with Crippen LogP contribution in [0.25, 0.3) is 11.4 Å². The molecule has 1 aromatic heterocycles. The Balaban J connectivity index is 0.00000169. The summed E-state index contributed by atoms with van der Waals surface area (Å²) in [6.07, 6.45) is 0. The Kier molecular flexibility index (Phi) is 5.59. The number of thioether (sulfide) groups is 1. The average Bonchev–Trinajstić information content (AvgIpc) is 2.99. The van der Waals surface area contributed by atoms with E-state index in [1.165, 1.54) is 0 Å². The predicted molar refractivity (Wildman–Crippen MR) is 110 cm³/mol. The van der Waals surface area contributed by atoms with E-state index in [1.54, 1.807) is 11.8 Å². The van der Waals surface area contributed by atoms with Crippen molar-refractivity contribution in [2.45, 2.75) is 5.16 Å². The Morgan fingerprint density at radius 2 is 1.71 bits per heavy atom. The van der Waals surface area contributed by atoms with Gasteiger partial charge >= 0.3 is 0 Å². The SMILES string of the molecule is Br.Brc1ccc(-c2nnc3n2N=C(c2cccc(Br)c2)CS3)cc1. The molecule has 24 heavy (non-hydrogen) atoms. The zero-order valence-corrected chi connectivity index (χ0v) is 17.9. The quantitative estimate of drug-likeness (QED) is 0.445. The molecule has 0 aliphatic carbocycles. The van der Waals surface area contributed by atoms with Crippen LogP contribution >= 0.6 is 60.6 Å². The lowest BCUT2D eigenvalue weighted by Crippen LogP contribution is -2.13. The molecule has 1 aliphatic rings. The van der Waals surface area contributed by atoms with Crippen LogP contribution in [0.2, 0.25) is 0 Å². The summed E-state index contributed by atoms with van der Waals surface area (Å²) in [6, 6.07) is 16.2. The lowest BCUT2D eigenvalue weighted by Gasteiger charge is -2.14. The van der Waals surface area contributed by atoms with Gasteiger partial charge in [0.05, 0.1) is 5.71 Å². The summed E-state index contributed by atoms with van der Waals surface area (Å²) < 4.78 is 3.91. The van der Waals surface area contributed by atoms with Crippen LogP contribution in [0.1, 0.15) is 5.56 Å². The number of hydrogen-bond acceptors (Lipinski definition) is 4. The summed E-state index contributed by atoms with van der Waals surface area (Å²) >= 11 is 8.61. The summed E-state index contributed by atoms with van der Waals surface area (Å²) in [7, 11) is 0. The molecule has 8 heteroatoms. The van der Waals surface area contributed by atoms with Crippen LogP contribution in [0.3, 0.4) is 0 Å². The molecule has 4 rings (SSSR count). The second-order valence-corrected chi connectivity index (χ2v) is 7.74. The van der Waals surface area contributed by atoms with E-state index in [1.807, 2.05) is 41.1 Å². The first-order chi connectivity index (χ1) is 11.2. The van der Waals surface area contributed by atoms with Crippen molar-refractivity contribution in [1.82, 2.24) is 14.9 Å². The minimum absolute atomic E-state index is 0. The van der Waals surface area contributed by atoms with Crippen molar-refractivity contribution in [2.75, 3.05) is 5.75 Å². The van der Waals surface area contributed by atoms with Crippen LogP contribution in [0.15, 0.2) is 67.7 Å². The number of rotatable bonds is 2. The molecule has 0 radical (unpaired) electrons. The Labute approximate surface area is 170 Å². The van der Waals surface area contributed by atoms with Crippen LogP contribution in [-0.2, 0) is 0 Å². The van der Waals surface area contributed by atoms with Gasteiger partial charge in [-0.15, -0.1) is 27.2 Å². The molecule has 0 atom stereocenters. The van der Waals surface area contributed by atoms with Gasteiger partial charge in [0.1, 0.15) is 0 Å². The van der Waals surface area contributed by atoms with E-state index >= 15 is 0 Å². The van der Waals surface area contributed by atoms with Crippen molar-refractivity contribution >= 4 is 66.3 Å². The molecule has 0 saturated carbocycles. The Morgan fingerprint density at radius 1 is 0.917 bits per heavy atom. The van der Waals surface area contributed by atoms with Gasteiger partial charge in [-0.1, -0.05) is 67.9 Å². The van der Waals surface area contributed by atoms with Crippen LogP contribution < -0.4 is 0 Å². The molecule has 0 spiro atoms. The highest BCUT2D eigenvalue weighted by Crippen LogP contribution is 2.29. The summed E-state index contributed by atoms with van der Waals surface area (Å²) in [5, 5.41) is 14.1. The van der Waals surface area contributed by atoms with E-state index in [0.717, 1.165) is 42.5 Å². The van der Waals surface area contributed by atoms with Gasteiger partial charge in [-0.3, -0.25) is 0 Å².